The molecule has 1 atom stereocenters. The van der Waals surface area contributed by atoms with E-state index in [0.29, 0.717) is 30.5 Å². The number of carbonyl (C=O) groups excluding carboxylic acids is 1. The van der Waals surface area contributed by atoms with E-state index >= 15 is 0 Å². The third-order valence-corrected chi connectivity index (χ3v) is 7.05. The van der Waals surface area contributed by atoms with Crippen LogP contribution >= 0.6 is 0 Å². The molecule has 162 valence electrons. The Balaban J connectivity index is 2.05. The highest BCUT2D eigenvalue weighted by molar-refractivity contribution is 7.92. The summed E-state index contributed by atoms with van der Waals surface area (Å²) in [4.78, 5) is 15.0. The normalized spacial score (nSPS) is 16.8. The zero-order chi connectivity index (χ0) is 21.7. The van der Waals surface area contributed by atoms with Crippen molar-refractivity contribution in [3.8, 4) is 11.5 Å². The molecular weight excluding hydrogens is 404 g/mol. The molecule has 1 saturated heterocycles. The summed E-state index contributed by atoms with van der Waals surface area (Å²) >= 11 is 0. The van der Waals surface area contributed by atoms with Crippen LogP contribution in [-0.2, 0) is 14.8 Å². The maximum atomic E-state index is 13.5. The Labute approximate surface area is 178 Å². The van der Waals surface area contributed by atoms with Crippen molar-refractivity contribution in [2.24, 2.45) is 5.92 Å². The van der Waals surface area contributed by atoms with Crippen molar-refractivity contribution >= 4 is 21.6 Å². The lowest BCUT2D eigenvalue weighted by Gasteiger charge is -2.33. The van der Waals surface area contributed by atoms with Crippen molar-refractivity contribution in [1.82, 2.24) is 4.90 Å². The van der Waals surface area contributed by atoms with E-state index in [1.165, 1.54) is 26.4 Å². The van der Waals surface area contributed by atoms with Crippen LogP contribution in [0.3, 0.4) is 0 Å². The summed E-state index contributed by atoms with van der Waals surface area (Å²) in [7, 11) is -1.04. The Kier molecular flexibility index (Phi) is 6.87. The van der Waals surface area contributed by atoms with Crippen LogP contribution < -0.4 is 13.8 Å². The number of rotatable bonds is 7. The molecule has 1 heterocycles. The van der Waals surface area contributed by atoms with E-state index in [9.17, 15) is 13.2 Å². The van der Waals surface area contributed by atoms with E-state index in [1.54, 1.807) is 41.3 Å². The topological polar surface area (TPSA) is 76.2 Å². The van der Waals surface area contributed by atoms with Crippen LogP contribution in [0.5, 0.6) is 11.5 Å². The van der Waals surface area contributed by atoms with Crippen LogP contribution in [0, 0.1) is 5.92 Å². The Hall–Kier alpha value is -2.74. The third-order valence-electron chi connectivity index (χ3n) is 5.27. The van der Waals surface area contributed by atoms with Crippen LogP contribution in [-0.4, -0.2) is 53.1 Å². The predicted octanol–water partition coefficient (Wildman–Crippen LogP) is 3.16. The van der Waals surface area contributed by atoms with Gasteiger partial charge in [-0.15, -0.1) is 0 Å². The van der Waals surface area contributed by atoms with Gasteiger partial charge in [-0.25, -0.2) is 8.42 Å². The molecule has 7 nitrogen and oxygen atoms in total. The number of nitrogens with zero attached hydrogens (tertiary/aromatic N) is 2. The smallest absolute Gasteiger partial charge is 0.264 e. The third kappa shape index (κ3) is 4.70. The number of ether oxygens (including phenoxy) is 2. The van der Waals surface area contributed by atoms with E-state index < -0.39 is 10.0 Å². The molecule has 1 aliphatic heterocycles. The number of methoxy groups -OCH3 is 2. The summed E-state index contributed by atoms with van der Waals surface area (Å²) in [6.45, 7) is 3.06. The highest BCUT2D eigenvalue weighted by atomic mass is 32.2. The van der Waals surface area contributed by atoms with Crippen molar-refractivity contribution in [2.45, 2.75) is 24.7 Å². The van der Waals surface area contributed by atoms with Gasteiger partial charge in [-0.1, -0.05) is 25.1 Å². The monoisotopic (exact) mass is 432 g/mol. The minimum Gasteiger partial charge on any atom is -0.497 e. The number of likely N-dealkylation sites (tertiary alicyclic amines) is 1. The Morgan fingerprint density at radius 3 is 2.50 bits per heavy atom. The number of sulfonamides is 1. The van der Waals surface area contributed by atoms with Crippen LogP contribution in [0.2, 0.25) is 0 Å². The molecule has 1 fully saturated rings. The molecule has 30 heavy (non-hydrogen) atoms. The van der Waals surface area contributed by atoms with Crippen molar-refractivity contribution < 1.29 is 22.7 Å². The largest absolute Gasteiger partial charge is 0.497 e. The van der Waals surface area contributed by atoms with Gasteiger partial charge in [0, 0.05) is 19.2 Å². The van der Waals surface area contributed by atoms with Crippen molar-refractivity contribution in [3.63, 3.8) is 0 Å². The van der Waals surface area contributed by atoms with Crippen LogP contribution in [0.15, 0.2) is 53.4 Å². The minimum atomic E-state index is -4.01. The second-order valence-electron chi connectivity index (χ2n) is 7.45. The first-order valence-electron chi connectivity index (χ1n) is 9.94. The lowest BCUT2D eigenvalue weighted by Crippen LogP contribution is -2.46. The van der Waals surface area contributed by atoms with Gasteiger partial charge in [0.2, 0.25) is 5.91 Å². The molecule has 0 N–H and O–H groups in total. The van der Waals surface area contributed by atoms with Gasteiger partial charge in [0.05, 0.1) is 24.8 Å². The summed E-state index contributed by atoms with van der Waals surface area (Å²) in [5.41, 5.74) is 0.263. The molecule has 0 saturated carbocycles. The Bertz CT molecular complexity index is 978. The van der Waals surface area contributed by atoms with E-state index in [2.05, 4.69) is 6.92 Å². The fourth-order valence-electron chi connectivity index (χ4n) is 3.65. The lowest BCUT2D eigenvalue weighted by molar-refractivity contribution is -0.131. The quantitative estimate of drug-likeness (QED) is 0.672. The number of piperidine rings is 1. The van der Waals surface area contributed by atoms with Crippen molar-refractivity contribution in [3.05, 3.63) is 48.5 Å². The molecule has 1 aliphatic rings. The van der Waals surface area contributed by atoms with E-state index in [-0.39, 0.29) is 23.0 Å². The summed E-state index contributed by atoms with van der Waals surface area (Å²) in [5.74, 6) is 0.979. The van der Waals surface area contributed by atoms with Crippen LogP contribution in [0.25, 0.3) is 0 Å². The number of hydrogen-bond donors (Lipinski definition) is 0. The summed E-state index contributed by atoms with van der Waals surface area (Å²) < 4.78 is 38.9. The van der Waals surface area contributed by atoms with Gasteiger partial charge in [-0.3, -0.25) is 9.10 Å². The lowest BCUT2D eigenvalue weighted by atomic mass is 10.0. The second kappa shape index (κ2) is 9.38. The van der Waals surface area contributed by atoms with Gasteiger partial charge < -0.3 is 14.4 Å². The molecule has 0 aromatic heterocycles. The molecule has 0 spiro atoms. The first kappa shape index (κ1) is 22.0. The molecule has 1 unspecified atom stereocenters. The van der Waals surface area contributed by atoms with Gasteiger partial charge >= 0.3 is 0 Å². The van der Waals surface area contributed by atoms with Gasteiger partial charge in [0.15, 0.2) is 0 Å². The predicted molar refractivity (Wildman–Crippen MR) is 115 cm³/mol. The highest BCUT2D eigenvalue weighted by Gasteiger charge is 2.32. The van der Waals surface area contributed by atoms with E-state index in [1.807, 2.05) is 0 Å². The number of carbonyl (C=O) groups is 1. The number of hydrogen-bond acceptors (Lipinski definition) is 5. The maximum Gasteiger partial charge on any atom is 0.264 e. The number of amides is 1. The number of benzene rings is 2. The van der Waals surface area contributed by atoms with Gasteiger partial charge in [0.25, 0.3) is 10.0 Å². The van der Waals surface area contributed by atoms with Crippen LogP contribution in [0.4, 0.5) is 5.69 Å². The molecule has 3 rings (SSSR count). The fraction of sp³-hybridized carbons (Fsp3) is 0.409. The molecule has 0 aliphatic carbocycles. The van der Waals surface area contributed by atoms with Crippen molar-refractivity contribution in [1.29, 1.82) is 0 Å². The molecule has 0 bridgehead atoms. The Morgan fingerprint density at radius 1 is 1.13 bits per heavy atom. The second-order valence-corrected chi connectivity index (χ2v) is 9.31. The number of anilines is 1. The molecule has 2 aromatic carbocycles. The first-order valence-corrected chi connectivity index (χ1v) is 11.4. The van der Waals surface area contributed by atoms with Gasteiger partial charge in [-0.05, 0) is 43.0 Å². The van der Waals surface area contributed by atoms with Crippen molar-refractivity contribution in [2.75, 3.05) is 38.2 Å². The SMILES string of the molecule is COc1ccc(OC)c(N(CC(=O)N2CCCC(C)C2)S(=O)(=O)c2ccccc2)c1. The molecule has 8 heteroatoms. The average molecular weight is 433 g/mol. The molecule has 2 aromatic rings. The summed E-state index contributed by atoms with van der Waals surface area (Å²) in [6.07, 6.45) is 1.99. The highest BCUT2D eigenvalue weighted by Crippen LogP contribution is 2.35. The zero-order valence-electron chi connectivity index (χ0n) is 17.6. The Morgan fingerprint density at radius 2 is 1.87 bits per heavy atom. The van der Waals surface area contributed by atoms with Gasteiger partial charge in [0.1, 0.15) is 18.0 Å². The average Bonchev–Trinajstić information content (AvgIpc) is 2.77. The fourth-order valence-corrected chi connectivity index (χ4v) is 5.09. The standard InChI is InChI=1S/C22H28N2O5S/c1-17-8-7-13-23(15-17)22(25)16-24(30(26,27)19-9-5-4-6-10-19)20-14-18(28-2)11-12-21(20)29-3/h4-6,9-12,14,17H,7-8,13,15-16H2,1-3H3. The van der Waals surface area contributed by atoms with Crippen LogP contribution in [0.1, 0.15) is 19.8 Å². The van der Waals surface area contributed by atoms with E-state index in [4.69, 9.17) is 9.47 Å². The zero-order valence-corrected chi connectivity index (χ0v) is 18.4. The first-order chi connectivity index (χ1) is 14.4. The van der Waals surface area contributed by atoms with Gasteiger partial charge in [-0.2, -0.15) is 0 Å². The summed E-state index contributed by atoms with van der Waals surface area (Å²) in [5, 5.41) is 0. The molecular formula is C22H28N2O5S. The maximum absolute atomic E-state index is 13.5. The minimum absolute atomic E-state index is 0.106. The molecule has 1 amide bonds. The summed E-state index contributed by atoms with van der Waals surface area (Å²) in [6, 6.07) is 13.0. The molecule has 0 radical (unpaired) electrons. The van der Waals surface area contributed by atoms with E-state index in [0.717, 1.165) is 17.1 Å².